The van der Waals surface area contributed by atoms with Gasteiger partial charge in [0.1, 0.15) is 5.69 Å². The summed E-state index contributed by atoms with van der Waals surface area (Å²) < 4.78 is 0. The molecule has 1 amide bonds. The third-order valence-corrected chi connectivity index (χ3v) is 7.61. The molecule has 40 heavy (non-hydrogen) atoms. The standard InChI is InChI=1S/C34H38N4O2/c1-25(2)22-31-34(40)36-33(32(35-31)27-10-6-5-7-11-27)28-16-14-26(15-17-28)23-37-20-18-30(19-21-37)38(24-39)29-12-8-3-4-9-13-29/h3,5-17,24-25,30H,4,18-23H2,1-2H3,(H,36,40). The lowest BCUT2D eigenvalue weighted by Gasteiger charge is -2.37. The molecule has 1 aromatic heterocycles. The van der Waals surface area contributed by atoms with Crippen molar-refractivity contribution in [1.29, 1.82) is 0 Å². The molecule has 6 nitrogen and oxygen atoms in total. The molecule has 0 spiro atoms. The summed E-state index contributed by atoms with van der Waals surface area (Å²) >= 11 is 0. The Morgan fingerprint density at radius 1 is 1.02 bits per heavy atom. The lowest BCUT2D eigenvalue weighted by molar-refractivity contribution is -0.118. The number of carbonyl (C=O) groups excluding carboxylic acids is 1. The highest BCUT2D eigenvalue weighted by Gasteiger charge is 2.25. The van der Waals surface area contributed by atoms with Crippen LogP contribution in [0.3, 0.4) is 0 Å². The molecule has 1 saturated heterocycles. The molecule has 0 bridgehead atoms. The van der Waals surface area contributed by atoms with Crippen LogP contribution in [0, 0.1) is 5.92 Å². The lowest BCUT2D eigenvalue weighted by atomic mass is 10.00. The molecule has 1 aliphatic heterocycles. The van der Waals surface area contributed by atoms with Gasteiger partial charge in [0.05, 0.1) is 11.4 Å². The van der Waals surface area contributed by atoms with Gasteiger partial charge in [-0.3, -0.25) is 14.5 Å². The average Bonchev–Trinajstić information content (AvgIpc) is 3.25. The Balaban J connectivity index is 1.29. The fraction of sp³-hybridized carbons (Fsp3) is 0.324. The summed E-state index contributed by atoms with van der Waals surface area (Å²) in [5, 5.41) is 0. The molecule has 2 heterocycles. The summed E-state index contributed by atoms with van der Waals surface area (Å²) in [5.41, 5.74) is 6.14. The molecule has 2 aromatic carbocycles. The predicted molar refractivity (Wildman–Crippen MR) is 161 cm³/mol. The summed E-state index contributed by atoms with van der Waals surface area (Å²) in [6, 6.07) is 18.7. The van der Waals surface area contributed by atoms with E-state index in [1.807, 2.05) is 53.5 Å². The van der Waals surface area contributed by atoms with Crippen molar-refractivity contribution in [2.45, 2.75) is 52.1 Å². The minimum Gasteiger partial charge on any atom is -0.319 e. The molecule has 206 valence electrons. The van der Waals surface area contributed by atoms with E-state index in [0.29, 0.717) is 18.0 Å². The fourth-order valence-electron chi connectivity index (χ4n) is 5.51. The maximum atomic E-state index is 12.9. The number of carbonyl (C=O) groups is 1. The summed E-state index contributed by atoms with van der Waals surface area (Å²) in [4.78, 5) is 37.2. The van der Waals surface area contributed by atoms with E-state index in [9.17, 15) is 9.59 Å². The molecule has 2 aliphatic rings. The minimum atomic E-state index is -0.120. The third kappa shape index (κ3) is 6.57. The van der Waals surface area contributed by atoms with Gasteiger partial charge in [-0.05, 0) is 49.3 Å². The first-order valence-corrected chi connectivity index (χ1v) is 14.3. The fourth-order valence-corrected chi connectivity index (χ4v) is 5.51. The van der Waals surface area contributed by atoms with Gasteiger partial charge in [0.15, 0.2) is 0 Å². The number of rotatable bonds is 9. The SMILES string of the molecule is CC(C)Cc1nc(-c2ccccc2)c(-c2ccc(CN3CCC(N(C=O)C4=CC=CCC=C4)CC3)cc2)[nH]c1=O. The molecular formula is C34H38N4O2. The zero-order chi connectivity index (χ0) is 27.9. The van der Waals surface area contributed by atoms with E-state index in [-0.39, 0.29) is 11.6 Å². The van der Waals surface area contributed by atoms with Crippen LogP contribution in [-0.4, -0.2) is 45.3 Å². The van der Waals surface area contributed by atoms with Gasteiger partial charge in [-0.15, -0.1) is 0 Å². The quantitative estimate of drug-likeness (QED) is 0.336. The number of piperidine rings is 1. The van der Waals surface area contributed by atoms with Crippen LogP contribution in [0.5, 0.6) is 0 Å². The van der Waals surface area contributed by atoms with Gasteiger partial charge >= 0.3 is 0 Å². The first-order valence-electron chi connectivity index (χ1n) is 14.3. The molecule has 6 heteroatoms. The van der Waals surface area contributed by atoms with E-state index in [2.05, 4.69) is 60.1 Å². The number of likely N-dealkylation sites (tertiary alicyclic amines) is 1. The van der Waals surface area contributed by atoms with Crippen molar-refractivity contribution < 1.29 is 4.79 Å². The Bertz CT molecular complexity index is 1440. The number of hydrogen-bond donors (Lipinski definition) is 1. The van der Waals surface area contributed by atoms with Crippen LogP contribution >= 0.6 is 0 Å². The van der Waals surface area contributed by atoms with Gasteiger partial charge in [0.25, 0.3) is 5.56 Å². The van der Waals surface area contributed by atoms with Crippen molar-refractivity contribution in [2.24, 2.45) is 5.92 Å². The number of aromatic amines is 1. The zero-order valence-corrected chi connectivity index (χ0v) is 23.4. The Labute approximate surface area is 236 Å². The van der Waals surface area contributed by atoms with Crippen LogP contribution in [0.25, 0.3) is 22.5 Å². The molecule has 1 fully saturated rings. The van der Waals surface area contributed by atoms with E-state index in [4.69, 9.17) is 4.98 Å². The number of nitrogens with zero attached hydrogens (tertiary/aromatic N) is 3. The van der Waals surface area contributed by atoms with E-state index in [1.54, 1.807) is 0 Å². The second kappa shape index (κ2) is 12.9. The third-order valence-electron chi connectivity index (χ3n) is 7.61. The molecule has 5 rings (SSSR count). The second-order valence-corrected chi connectivity index (χ2v) is 11.1. The molecular weight excluding hydrogens is 496 g/mol. The van der Waals surface area contributed by atoms with Gasteiger partial charge < -0.3 is 9.88 Å². The summed E-state index contributed by atoms with van der Waals surface area (Å²) in [7, 11) is 0. The molecule has 3 aromatic rings. The second-order valence-electron chi connectivity index (χ2n) is 11.1. The number of aromatic nitrogens is 2. The largest absolute Gasteiger partial charge is 0.319 e. The highest BCUT2D eigenvalue weighted by atomic mass is 16.1. The van der Waals surface area contributed by atoms with E-state index in [1.165, 1.54) is 5.56 Å². The average molecular weight is 535 g/mol. The Hall–Kier alpha value is -4.03. The van der Waals surface area contributed by atoms with Crippen LogP contribution < -0.4 is 5.56 Å². The van der Waals surface area contributed by atoms with Gasteiger partial charge in [-0.25, -0.2) is 4.98 Å². The Morgan fingerprint density at radius 3 is 2.48 bits per heavy atom. The first-order chi connectivity index (χ1) is 19.5. The van der Waals surface area contributed by atoms with E-state index < -0.39 is 0 Å². The van der Waals surface area contributed by atoms with Crippen LogP contribution in [0.1, 0.15) is 44.4 Å². The van der Waals surface area contributed by atoms with Crippen molar-refractivity contribution in [2.75, 3.05) is 13.1 Å². The summed E-state index contributed by atoms with van der Waals surface area (Å²) in [6.45, 7) is 6.93. The van der Waals surface area contributed by atoms with Crippen molar-refractivity contribution in [3.8, 4) is 22.5 Å². The summed E-state index contributed by atoms with van der Waals surface area (Å²) in [6.07, 6.45) is 14.7. The van der Waals surface area contributed by atoms with Gasteiger partial charge in [-0.1, -0.05) is 86.7 Å². The van der Waals surface area contributed by atoms with E-state index >= 15 is 0 Å². The van der Waals surface area contributed by atoms with Crippen LogP contribution in [0.2, 0.25) is 0 Å². The molecule has 0 atom stereocenters. The monoisotopic (exact) mass is 534 g/mol. The van der Waals surface area contributed by atoms with Gasteiger partial charge in [0.2, 0.25) is 6.41 Å². The number of nitrogens with one attached hydrogen (secondary N) is 1. The number of allylic oxidation sites excluding steroid dienone is 5. The molecule has 0 saturated carbocycles. The zero-order valence-electron chi connectivity index (χ0n) is 23.4. The van der Waals surface area contributed by atoms with Crippen LogP contribution in [0.4, 0.5) is 0 Å². The maximum absolute atomic E-state index is 12.9. The van der Waals surface area contributed by atoms with E-state index in [0.717, 1.165) is 73.5 Å². The molecule has 1 N–H and O–H groups in total. The Kier molecular flexibility index (Phi) is 8.87. The van der Waals surface area contributed by atoms with Gasteiger partial charge in [0, 0.05) is 42.5 Å². The normalized spacial score (nSPS) is 16.1. The molecule has 0 unspecified atom stereocenters. The smallest absolute Gasteiger partial charge is 0.270 e. The first kappa shape index (κ1) is 27.5. The van der Waals surface area contributed by atoms with Crippen LogP contribution in [0.15, 0.2) is 95.5 Å². The topological polar surface area (TPSA) is 69.3 Å². The van der Waals surface area contributed by atoms with Crippen molar-refractivity contribution >= 4 is 6.41 Å². The predicted octanol–water partition coefficient (Wildman–Crippen LogP) is 6.13. The maximum Gasteiger partial charge on any atom is 0.270 e. The number of amides is 1. The highest BCUT2D eigenvalue weighted by molar-refractivity contribution is 5.77. The molecule has 0 radical (unpaired) electrons. The summed E-state index contributed by atoms with van der Waals surface area (Å²) in [5.74, 6) is 0.344. The number of benzene rings is 2. The minimum absolute atomic E-state index is 0.120. The van der Waals surface area contributed by atoms with Gasteiger partial charge in [-0.2, -0.15) is 0 Å². The highest BCUT2D eigenvalue weighted by Crippen LogP contribution is 2.29. The Morgan fingerprint density at radius 2 is 1.77 bits per heavy atom. The number of H-pyrrole nitrogens is 1. The lowest BCUT2D eigenvalue weighted by Crippen LogP contribution is -2.43. The molecule has 1 aliphatic carbocycles. The van der Waals surface area contributed by atoms with Crippen molar-refractivity contribution in [3.05, 3.63) is 112 Å². The van der Waals surface area contributed by atoms with Crippen molar-refractivity contribution in [1.82, 2.24) is 19.8 Å². The van der Waals surface area contributed by atoms with Crippen LogP contribution in [-0.2, 0) is 17.8 Å². The number of hydrogen-bond acceptors (Lipinski definition) is 4. The van der Waals surface area contributed by atoms with Crippen molar-refractivity contribution in [3.63, 3.8) is 0 Å².